The van der Waals surface area contributed by atoms with Gasteiger partial charge in [-0.05, 0) is 44.2 Å². The number of carbonyl (C=O) groups is 2. The molecule has 3 heterocycles. The summed E-state index contributed by atoms with van der Waals surface area (Å²) >= 11 is 0. The Labute approximate surface area is 176 Å². The van der Waals surface area contributed by atoms with Gasteiger partial charge in [-0.1, -0.05) is 6.07 Å². The Balaban J connectivity index is 1.23. The Kier molecular flexibility index (Phi) is 4.60. The van der Waals surface area contributed by atoms with Crippen molar-refractivity contribution >= 4 is 28.5 Å². The van der Waals surface area contributed by atoms with Gasteiger partial charge in [0.25, 0.3) is 0 Å². The molecule has 2 saturated heterocycles. The van der Waals surface area contributed by atoms with E-state index in [9.17, 15) is 9.59 Å². The van der Waals surface area contributed by atoms with Gasteiger partial charge in [0.1, 0.15) is 0 Å². The Morgan fingerprint density at radius 1 is 1.30 bits per heavy atom. The average molecular weight is 411 g/mol. The normalized spacial score (nSPS) is 26.7. The molecule has 5 rings (SSSR count). The molecule has 1 saturated carbocycles. The number of fused-ring (bicyclic) bond motifs is 1. The fourth-order valence-electron chi connectivity index (χ4n) is 5.23. The molecule has 2 N–H and O–H groups in total. The maximum atomic E-state index is 13.0. The summed E-state index contributed by atoms with van der Waals surface area (Å²) in [5.74, 6) is 0.710. The number of rotatable bonds is 5. The lowest BCUT2D eigenvalue weighted by atomic mass is 9.88. The molecule has 8 heteroatoms. The van der Waals surface area contributed by atoms with E-state index in [1.807, 2.05) is 22.8 Å². The number of benzene rings is 1. The highest BCUT2D eigenvalue weighted by Gasteiger charge is 2.49. The van der Waals surface area contributed by atoms with Gasteiger partial charge in [0.2, 0.25) is 5.91 Å². The molecule has 3 fully saturated rings. The van der Waals surface area contributed by atoms with E-state index in [2.05, 4.69) is 45.8 Å². The first-order valence-corrected chi connectivity index (χ1v) is 11.0. The van der Waals surface area contributed by atoms with Crippen molar-refractivity contribution in [3.8, 4) is 0 Å². The van der Waals surface area contributed by atoms with E-state index in [4.69, 9.17) is 0 Å². The van der Waals surface area contributed by atoms with Crippen LogP contribution in [0, 0.1) is 5.92 Å². The average Bonchev–Trinajstić information content (AvgIpc) is 3.44. The highest BCUT2D eigenvalue weighted by molar-refractivity contribution is 5.92. The third-order valence-corrected chi connectivity index (χ3v) is 7.13. The lowest BCUT2D eigenvalue weighted by Crippen LogP contribution is -2.54. The van der Waals surface area contributed by atoms with Crippen molar-refractivity contribution in [2.24, 2.45) is 13.0 Å². The summed E-state index contributed by atoms with van der Waals surface area (Å²) in [5, 5.41) is 11.6. The zero-order valence-electron chi connectivity index (χ0n) is 17.7. The predicted molar refractivity (Wildman–Crippen MR) is 115 cm³/mol. The van der Waals surface area contributed by atoms with Gasteiger partial charge in [0.15, 0.2) is 0 Å². The van der Waals surface area contributed by atoms with Gasteiger partial charge in [-0.15, -0.1) is 0 Å². The van der Waals surface area contributed by atoms with Crippen molar-refractivity contribution in [3.05, 3.63) is 24.4 Å². The number of nitrogens with one attached hydrogen (secondary N) is 2. The first-order valence-electron chi connectivity index (χ1n) is 11.0. The zero-order valence-corrected chi connectivity index (χ0v) is 17.7. The van der Waals surface area contributed by atoms with E-state index in [1.54, 1.807) is 0 Å². The largest absolute Gasteiger partial charge is 0.365 e. The van der Waals surface area contributed by atoms with Crippen LogP contribution in [0.1, 0.15) is 32.6 Å². The maximum Gasteiger partial charge on any atom is 0.315 e. The molecule has 1 aromatic heterocycles. The number of amides is 3. The van der Waals surface area contributed by atoms with Crippen LogP contribution in [0.4, 0.5) is 10.5 Å². The van der Waals surface area contributed by atoms with Crippen LogP contribution in [0.25, 0.3) is 10.9 Å². The second kappa shape index (κ2) is 7.18. The van der Waals surface area contributed by atoms with Gasteiger partial charge in [-0.3, -0.25) is 9.48 Å². The summed E-state index contributed by atoms with van der Waals surface area (Å²) in [4.78, 5) is 29.1. The summed E-state index contributed by atoms with van der Waals surface area (Å²) in [6, 6.07) is 6.45. The van der Waals surface area contributed by atoms with Crippen molar-refractivity contribution in [2.45, 2.75) is 44.2 Å². The molecule has 8 nitrogen and oxygen atoms in total. The van der Waals surface area contributed by atoms with Crippen molar-refractivity contribution in [2.75, 3.05) is 31.1 Å². The van der Waals surface area contributed by atoms with Crippen molar-refractivity contribution in [3.63, 3.8) is 0 Å². The minimum Gasteiger partial charge on any atom is -0.365 e. The molecule has 0 bridgehead atoms. The molecule has 1 aromatic carbocycles. The SMILES string of the molecule is C[C@H]1CN(C(=O)CCC2(C3CC3)CNC(=O)N2)CCN1c1cccc2c1cnn2C. The van der Waals surface area contributed by atoms with Crippen molar-refractivity contribution in [1.29, 1.82) is 0 Å². The molecule has 2 atom stereocenters. The number of hydrogen-bond donors (Lipinski definition) is 2. The van der Waals surface area contributed by atoms with E-state index in [1.165, 1.54) is 5.69 Å². The number of piperazine rings is 1. The molecule has 160 valence electrons. The fourth-order valence-corrected chi connectivity index (χ4v) is 5.23. The molecule has 0 spiro atoms. The second-order valence-corrected chi connectivity index (χ2v) is 9.10. The molecule has 3 aliphatic rings. The molecule has 2 aromatic rings. The van der Waals surface area contributed by atoms with E-state index in [0.717, 1.165) is 49.8 Å². The Bertz CT molecular complexity index is 983. The molecule has 1 aliphatic carbocycles. The molecule has 0 radical (unpaired) electrons. The van der Waals surface area contributed by atoms with Crippen LogP contribution in [-0.4, -0.2) is 64.4 Å². The molecule has 2 aliphatic heterocycles. The number of aryl methyl sites for hydroxylation is 1. The van der Waals surface area contributed by atoms with Crippen LogP contribution in [-0.2, 0) is 11.8 Å². The molecule has 3 amide bonds. The van der Waals surface area contributed by atoms with Crippen molar-refractivity contribution in [1.82, 2.24) is 25.3 Å². The number of aromatic nitrogens is 2. The summed E-state index contributed by atoms with van der Waals surface area (Å²) in [7, 11) is 1.96. The van der Waals surface area contributed by atoms with Crippen LogP contribution < -0.4 is 15.5 Å². The Hall–Kier alpha value is -2.77. The maximum absolute atomic E-state index is 13.0. The first kappa shape index (κ1) is 19.2. The highest BCUT2D eigenvalue weighted by atomic mass is 16.2. The lowest BCUT2D eigenvalue weighted by molar-refractivity contribution is -0.132. The fraction of sp³-hybridized carbons (Fsp3) is 0.591. The predicted octanol–water partition coefficient (Wildman–Crippen LogP) is 1.85. The summed E-state index contributed by atoms with van der Waals surface area (Å²) in [6.45, 7) is 5.08. The summed E-state index contributed by atoms with van der Waals surface area (Å²) in [6.07, 6.45) is 5.43. The van der Waals surface area contributed by atoms with Gasteiger partial charge in [0, 0.05) is 56.8 Å². The number of anilines is 1. The molecule has 1 unspecified atom stereocenters. The minimum absolute atomic E-state index is 0.0961. The van der Waals surface area contributed by atoms with Crippen LogP contribution in [0.15, 0.2) is 24.4 Å². The van der Waals surface area contributed by atoms with E-state index in [-0.39, 0.29) is 23.5 Å². The lowest BCUT2D eigenvalue weighted by Gasteiger charge is -2.42. The van der Waals surface area contributed by atoms with E-state index < -0.39 is 0 Å². The van der Waals surface area contributed by atoms with Crippen LogP contribution in [0.3, 0.4) is 0 Å². The number of urea groups is 1. The Morgan fingerprint density at radius 2 is 2.13 bits per heavy atom. The number of nitrogens with zero attached hydrogens (tertiary/aromatic N) is 4. The molecule has 30 heavy (non-hydrogen) atoms. The Morgan fingerprint density at radius 3 is 2.83 bits per heavy atom. The van der Waals surface area contributed by atoms with E-state index >= 15 is 0 Å². The van der Waals surface area contributed by atoms with E-state index in [0.29, 0.717) is 18.9 Å². The number of hydrogen-bond acceptors (Lipinski definition) is 4. The van der Waals surface area contributed by atoms with Crippen molar-refractivity contribution < 1.29 is 9.59 Å². The molecular formula is C22H30N6O2. The topological polar surface area (TPSA) is 82.5 Å². The van der Waals surface area contributed by atoms with Crippen LogP contribution >= 0.6 is 0 Å². The standard InChI is InChI=1S/C22H30N6O2/c1-15-13-27(20(29)8-9-22(16-6-7-16)14-23-21(30)25-22)10-11-28(15)19-5-3-4-18-17(19)12-24-26(18)2/h3-5,12,15-16H,6-11,13-14H2,1-2H3,(H2,23,25,30)/t15-,22?/m0/s1. The first-order chi connectivity index (χ1) is 14.5. The minimum atomic E-state index is -0.226. The summed E-state index contributed by atoms with van der Waals surface area (Å²) < 4.78 is 1.90. The highest BCUT2D eigenvalue weighted by Crippen LogP contribution is 2.43. The van der Waals surface area contributed by atoms with Gasteiger partial charge in [-0.25, -0.2) is 4.79 Å². The third-order valence-electron chi connectivity index (χ3n) is 7.13. The van der Waals surface area contributed by atoms with Gasteiger partial charge >= 0.3 is 6.03 Å². The van der Waals surface area contributed by atoms with Crippen LogP contribution in [0.5, 0.6) is 0 Å². The monoisotopic (exact) mass is 410 g/mol. The summed E-state index contributed by atoms with van der Waals surface area (Å²) in [5.41, 5.74) is 2.08. The van der Waals surface area contributed by atoms with Gasteiger partial charge in [0.05, 0.1) is 17.3 Å². The smallest absolute Gasteiger partial charge is 0.315 e. The zero-order chi connectivity index (χ0) is 20.9. The van der Waals surface area contributed by atoms with Gasteiger partial charge in [-0.2, -0.15) is 5.10 Å². The molecular weight excluding hydrogens is 380 g/mol. The third kappa shape index (κ3) is 3.28. The second-order valence-electron chi connectivity index (χ2n) is 9.10. The van der Waals surface area contributed by atoms with Crippen LogP contribution in [0.2, 0.25) is 0 Å². The quantitative estimate of drug-likeness (QED) is 0.788. The number of carbonyl (C=O) groups excluding carboxylic acids is 2. The van der Waals surface area contributed by atoms with Gasteiger partial charge < -0.3 is 20.4 Å².